The molecule has 12 unspecified atom stereocenters. The summed E-state index contributed by atoms with van der Waals surface area (Å²) in [5.41, 5.74) is 0. The molecule has 75 heavy (non-hydrogen) atoms. The molecule has 2 fully saturated rings. The summed E-state index contributed by atoms with van der Waals surface area (Å²) in [6.07, 6.45) is 42.9. The van der Waals surface area contributed by atoms with Crippen molar-refractivity contribution in [3.05, 3.63) is 60.8 Å². The van der Waals surface area contributed by atoms with Crippen molar-refractivity contribution in [3.63, 3.8) is 0 Å². The van der Waals surface area contributed by atoms with Crippen LogP contribution in [0, 0.1) is 0 Å². The fourth-order valence-electron chi connectivity index (χ4n) is 9.64. The van der Waals surface area contributed by atoms with E-state index < -0.39 is 86.8 Å². The topological polar surface area (TPSA) is 228 Å². The predicted molar refractivity (Wildman–Crippen MR) is 300 cm³/mol. The molecule has 2 rings (SSSR count). The van der Waals surface area contributed by atoms with Gasteiger partial charge in [0.15, 0.2) is 12.6 Å². The lowest BCUT2D eigenvalue weighted by Crippen LogP contribution is -2.65. The number of rotatable bonds is 47. The van der Waals surface area contributed by atoms with E-state index in [9.17, 15) is 45.6 Å². The summed E-state index contributed by atoms with van der Waals surface area (Å²) < 4.78 is 22.7. The van der Waals surface area contributed by atoms with Gasteiger partial charge in [-0.25, -0.2) is 0 Å². The van der Waals surface area contributed by atoms with Gasteiger partial charge in [0.25, 0.3) is 0 Å². The normalized spacial score (nSPS) is 25.5. The first-order valence-electron chi connectivity index (χ1n) is 30.0. The van der Waals surface area contributed by atoms with Gasteiger partial charge >= 0.3 is 0 Å². The van der Waals surface area contributed by atoms with Gasteiger partial charge in [0, 0.05) is 6.42 Å². The van der Waals surface area contributed by atoms with Crippen LogP contribution < -0.4 is 5.32 Å². The van der Waals surface area contributed by atoms with Crippen LogP contribution in [0.5, 0.6) is 0 Å². The highest BCUT2D eigenvalue weighted by Crippen LogP contribution is 2.30. The Morgan fingerprint density at radius 2 is 0.920 bits per heavy atom. The number of aliphatic hydroxyl groups excluding tert-OH is 8. The third-order valence-corrected chi connectivity index (χ3v) is 14.5. The summed E-state index contributed by atoms with van der Waals surface area (Å²) in [4.78, 5) is 13.2. The number of allylic oxidation sites excluding steroid dienone is 9. The highest BCUT2D eigenvalue weighted by Gasteiger charge is 2.51. The number of ether oxygens (including phenoxy) is 4. The molecule has 14 nitrogen and oxygen atoms in total. The number of hydrogen-bond acceptors (Lipinski definition) is 13. The maximum Gasteiger partial charge on any atom is 0.220 e. The van der Waals surface area contributed by atoms with Crippen molar-refractivity contribution in [1.82, 2.24) is 5.32 Å². The molecule has 0 aromatic heterocycles. The first-order valence-corrected chi connectivity index (χ1v) is 30.0. The van der Waals surface area contributed by atoms with E-state index in [0.29, 0.717) is 6.42 Å². The van der Waals surface area contributed by atoms with Crippen molar-refractivity contribution in [1.29, 1.82) is 0 Å². The molecule has 0 bridgehead atoms. The smallest absolute Gasteiger partial charge is 0.220 e. The van der Waals surface area contributed by atoms with Crippen LogP contribution >= 0.6 is 0 Å². The molecule has 12 atom stereocenters. The van der Waals surface area contributed by atoms with E-state index >= 15 is 0 Å². The van der Waals surface area contributed by atoms with Gasteiger partial charge in [0.1, 0.15) is 48.8 Å². The monoisotopic (exact) mass is 1060 g/mol. The standard InChI is InChI=1S/C61H109NO13/c1-3-5-7-9-11-13-15-16-17-18-19-20-21-22-23-24-25-26-27-28-29-30-31-32-33-34-35-37-39-41-43-45-53(66)62-49(50(65)44-42-40-38-36-14-12-10-8-6-4-2)48-72-60-58(71)56(69)59(52(47-64)74-60)75-61-57(70)55(68)54(67)51(46-63)73-61/h5,7,11,13,16-17,19-20,42,44,49-52,54-61,63-65,67-71H,3-4,6,8-10,12,14-15,18,21-41,43,45-48H2,1-2H3,(H,62,66)/b7-5-,13-11-,17-16-,20-19-,44-42+. The van der Waals surface area contributed by atoms with Crippen LogP contribution in [0.15, 0.2) is 60.8 Å². The van der Waals surface area contributed by atoms with Gasteiger partial charge in [-0.15, -0.1) is 0 Å². The van der Waals surface area contributed by atoms with E-state index in [1.54, 1.807) is 6.08 Å². The van der Waals surface area contributed by atoms with Crippen LogP contribution in [0.1, 0.15) is 226 Å². The zero-order chi connectivity index (χ0) is 54.6. The summed E-state index contributed by atoms with van der Waals surface area (Å²) in [6.45, 7) is 2.66. The van der Waals surface area contributed by atoms with Gasteiger partial charge < -0.3 is 65.1 Å². The van der Waals surface area contributed by atoms with Crippen molar-refractivity contribution >= 4 is 5.91 Å². The molecule has 2 heterocycles. The van der Waals surface area contributed by atoms with E-state index in [1.165, 1.54) is 135 Å². The van der Waals surface area contributed by atoms with Gasteiger partial charge in [-0.3, -0.25) is 4.79 Å². The third kappa shape index (κ3) is 32.4. The molecule has 0 aromatic carbocycles. The molecule has 0 radical (unpaired) electrons. The lowest BCUT2D eigenvalue weighted by atomic mass is 9.97. The van der Waals surface area contributed by atoms with Gasteiger partial charge in [0.05, 0.1) is 32.0 Å². The first kappa shape index (κ1) is 68.8. The molecule has 436 valence electrons. The third-order valence-electron chi connectivity index (χ3n) is 14.5. The largest absolute Gasteiger partial charge is 0.394 e. The van der Waals surface area contributed by atoms with Gasteiger partial charge in [0.2, 0.25) is 5.91 Å². The van der Waals surface area contributed by atoms with Crippen LogP contribution in [0.3, 0.4) is 0 Å². The average molecular weight is 1060 g/mol. The summed E-state index contributed by atoms with van der Waals surface area (Å²) in [6, 6.07) is -0.913. The second-order valence-electron chi connectivity index (χ2n) is 21.1. The van der Waals surface area contributed by atoms with E-state index in [4.69, 9.17) is 18.9 Å². The molecule has 2 saturated heterocycles. The van der Waals surface area contributed by atoms with E-state index in [-0.39, 0.29) is 18.9 Å². The Bertz CT molecular complexity index is 1490. The first-order chi connectivity index (χ1) is 36.6. The molecule has 14 heteroatoms. The summed E-state index contributed by atoms with van der Waals surface area (Å²) in [5.74, 6) is -0.241. The van der Waals surface area contributed by atoms with E-state index in [2.05, 4.69) is 67.8 Å². The Labute approximate surface area is 454 Å². The maximum absolute atomic E-state index is 13.2. The van der Waals surface area contributed by atoms with E-state index in [0.717, 1.165) is 64.2 Å². The molecular formula is C61H109NO13. The number of nitrogens with one attached hydrogen (secondary N) is 1. The lowest BCUT2D eigenvalue weighted by molar-refractivity contribution is -0.359. The number of unbranched alkanes of at least 4 members (excludes halogenated alkanes) is 26. The quantitative estimate of drug-likeness (QED) is 0.0204. The molecule has 0 aromatic rings. The van der Waals surface area contributed by atoms with Crippen LogP contribution in [0.2, 0.25) is 0 Å². The Morgan fingerprint density at radius 3 is 1.41 bits per heavy atom. The molecule has 9 N–H and O–H groups in total. The fourth-order valence-corrected chi connectivity index (χ4v) is 9.64. The van der Waals surface area contributed by atoms with Gasteiger partial charge in [-0.2, -0.15) is 0 Å². The predicted octanol–water partition coefficient (Wildman–Crippen LogP) is 10.2. The van der Waals surface area contributed by atoms with Crippen molar-refractivity contribution in [2.24, 2.45) is 0 Å². The zero-order valence-corrected chi connectivity index (χ0v) is 46.8. The average Bonchev–Trinajstić information content (AvgIpc) is 3.41. The number of carbonyl (C=O) groups is 1. The van der Waals surface area contributed by atoms with Crippen molar-refractivity contribution in [3.8, 4) is 0 Å². The van der Waals surface area contributed by atoms with Crippen molar-refractivity contribution < 1.29 is 64.6 Å². The Morgan fingerprint density at radius 1 is 0.493 bits per heavy atom. The Balaban J connectivity index is 1.63. The molecule has 0 spiro atoms. The van der Waals surface area contributed by atoms with E-state index in [1.807, 2.05) is 6.08 Å². The maximum atomic E-state index is 13.2. The van der Waals surface area contributed by atoms with Crippen molar-refractivity contribution in [2.75, 3.05) is 19.8 Å². The summed E-state index contributed by atoms with van der Waals surface area (Å²) in [7, 11) is 0. The Kier molecular flexibility index (Phi) is 42.7. The second-order valence-corrected chi connectivity index (χ2v) is 21.1. The number of hydrogen-bond donors (Lipinski definition) is 9. The highest BCUT2D eigenvalue weighted by molar-refractivity contribution is 5.76. The second kappa shape index (κ2) is 46.6. The van der Waals surface area contributed by atoms with Crippen LogP contribution in [0.4, 0.5) is 0 Å². The molecule has 1 amide bonds. The molecule has 2 aliphatic heterocycles. The minimum absolute atomic E-state index is 0.241. The highest BCUT2D eigenvalue weighted by atomic mass is 16.7. The summed E-state index contributed by atoms with van der Waals surface area (Å²) >= 11 is 0. The van der Waals surface area contributed by atoms with Crippen LogP contribution in [-0.4, -0.2) is 140 Å². The fraction of sp³-hybridized carbons (Fsp3) is 0.820. The molecule has 2 aliphatic rings. The van der Waals surface area contributed by atoms with Crippen LogP contribution in [0.25, 0.3) is 0 Å². The Hall–Kier alpha value is -2.31. The minimum atomic E-state index is -1.79. The summed E-state index contributed by atoms with van der Waals surface area (Å²) in [5, 5.41) is 86.8. The minimum Gasteiger partial charge on any atom is -0.394 e. The number of amides is 1. The number of aliphatic hydroxyl groups is 8. The molecule has 0 saturated carbocycles. The van der Waals surface area contributed by atoms with Crippen LogP contribution in [-0.2, 0) is 23.7 Å². The number of carbonyl (C=O) groups excluding carboxylic acids is 1. The molecular weight excluding hydrogens is 955 g/mol. The lowest BCUT2D eigenvalue weighted by Gasteiger charge is -2.46. The molecule has 0 aliphatic carbocycles. The zero-order valence-electron chi connectivity index (χ0n) is 46.8. The van der Waals surface area contributed by atoms with Gasteiger partial charge in [-0.05, 0) is 57.8 Å². The SMILES string of the molecule is CC/C=C\C/C=C\C/C=C\C/C=C\CCCCCCCCCCCCCCCCCCCCC(=O)NC(COC1OC(CO)C(OC2OC(CO)C(O)C(O)C2O)C(O)C1O)C(O)/C=C/CCCCCCCCCC. The van der Waals surface area contributed by atoms with Gasteiger partial charge in [-0.1, -0.05) is 222 Å². The van der Waals surface area contributed by atoms with Crippen molar-refractivity contribution in [2.45, 2.75) is 299 Å².